The number of nitrogens with zero attached hydrogens (tertiary/aromatic N) is 2. The summed E-state index contributed by atoms with van der Waals surface area (Å²) in [5.74, 6) is 0.968. The number of methoxy groups -OCH3 is 2. The molecule has 1 aliphatic heterocycles. The highest BCUT2D eigenvalue weighted by Gasteiger charge is 2.31. The van der Waals surface area contributed by atoms with Crippen molar-refractivity contribution in [2.24, 2.45) is 0 Å². The summed E-state index contributed by atoms with van der Waals surface area (Å²) in [4.78, 5) is 6.67. The van der Waals surface area contributed by atoms with Gasteiger partial charge in [-0.2, -0.15) is 0 Å². The second kappa shape index (κ2) is 8.71. The largest absolute Gasteiger partial charge is 0.493 e. The molecule has 3 rings (SSSR count). The normalized spacial score (nSPS) is 16.2. The van der Waals surface area contributed by atoms with E-state index in [0.717, 1.165) is 26.1 Å². The molecule has 6 nitrogen and oxygen atoms in total. The molecule has 0 saturated carbocycles. The van der Waals surface area contributed by atoms with Gasteiger partial charge < -0.3 is 14.4 Å². The Morgan fingerprint density at radius 2 is 1.70 bits per heavy atom. The number of sulfone groups is 1. The second-order valence-electron chi connectivity index (χ2n) is 6.71. The van der Waals surface area contributed by atoms with Crippen molar-refractivity contribution in [2.45, 2.75) is 29.4 Å². The van der Waals surface area contributed by atoms with Gasteiger partial charge in [-0.25, -0.2) is 8.42 Å². The van der Waals surface area contributed by atoms with Crippen LogP contribution < -0.4 is 9.47 Å². The van der Waals surface area contributed by atoms with Gasteiger partial charge in [-0.3, -0.25) is 4.98 Å². The second-order valence-corrected chi connectivity index (χ2v) is 8.94. The molecule has 1 fully saturated rings. The molecule has 0 radical (unpaired) electrons. The summed E-state index contributed by atoms with van der Waals surface area (Å²) in [6, 6.07) is 8.86. The van der Waals surface area contributed by atoms with E-state index in [-0.39, 0.29) is 5.25 Å². The highest BCUT2D eigenvalue weighted by atomic mass is 32.2. The standard InChI is InChI=1S/C20H26N2O4S/c1-25-19-4-3-18(15-20(19)26-2)27(23,24)17-8-13-22(14-9-17)12-7-16-5-10-21-11-6-16/h3-6,10-11,15,17H,7-9,12-14H2,1-2H3. The number of likely N-dealkylation sites (tertiary alicyclic amines) is 1. The Morgan fingerprint density at radius 1 is 1.04 bits per heavy atom. The summed E-state index contributed by atoms with van der Waals surface area (Å²) in [7, 11) is -0.336. The third kappa shape index (κ3) is 4.59. The minimum Gasteiger partial charge on any atom is -0.493 e. The Kier molecular flexibility index (Phi) is 6.34. The first-order valence-corrected chi connectivity index (χ1v) is 10.7. The van der Waals surface area contributed by atoms with Crippen LogP contribution in [0.15, 0.2) is 47.6 Å². The van der Waals surface area contributed by atoms with Crippen LogP contribution in [0.25, 0.3) is 0 Å². The molecule has 0 unspecified atom stereocenters. The van der Waals surface area contributed by atoms with Gasteiger partial charge in [-0.1, -0.05) is 0 Å². The van der Waals surface area contributed by atoms with Crippen molar-refractivity contribution in [1.29, 1.82) is 0 Å². The number of pyridine rings is 1. The summed E-state index contributed by atoms with van der Waals surface area (Å²) in [6.07, 6.45) is 5.85. The lowest BCUT2D eigenvalue weighted by Gasteiger charge is -2.31. The number of hydrogen-bond donors (Lipinski definition) is 0. The molecule has 0 bridgehead atoms. The summed E-state index contributed by atoms with van der Waals surface area (Å²) >= 11 is 0. The topological polar surface area (TPSA) is 68.7 Å². The third-order valence-corrected chi connectivity index (χ3v) is 7.38. The van der Waals surface area contributed by atoms with E-state index in [1.807, 2.05) is 12.1 Å². The van der Waals surface area contributed by atoms with Crippen LogP contribution in [0.1, 0.15) is 18.4 Å². The highest BCUT2D eigenvalue weighted by molar-refractivity contribution is 7.92. The van der Waals surface area contributed by atoms with Crippen LogP contribution in [0.4, 0.5) is 0 Å². The smallest absolute Gasteiger partial charge is 0.181 e. The van der Waals surface area contributed by atoms with Gasteiger partial charge >= 0.3 is 0 Å². The maximum absolute atomic E-state index is 13.0. The fraction of sp³-hybridized carbons (Fsp3) is 0.450. The first-order chi connectivity index (χ1) is 13.0. The Labute approximate surface area is 161 Å². The average molecular weight is 391 g/mol. The number of rotatable bonds is 7. The van der Waals surface area contributed by atoms with Crippen LogP contribution in [0.3, 0.4) is 0 Å². The molecule has 0 amide bonds. The van der Waals surface area contributed by atoms with E-state index in [2.05, 4.69) is 9.88 Å². The monoisotopic (exact) mass is 390 g/mol. The van der Waals surface area contributed by atoms with Gasteiger partial charge in [0.25, 0.3) is 0 Å². The summed E-state index contributed by atoms with van der Waals surface area (Å²) < 4.78 is 36.5. The highest BCUT2D eigenvalue weighted by Crippen LogP contribution is 2.32. The molecule has 1 aliphatic rings. The molecule has 0 aliphatic carbocycles. The molecule has 27 heavy (non-hydrogen) atoms. The first kappa shape index (κ1) is 19.6. The van der Waals surface area contributed by atoms with Crippen LogP contribution in [0, 0.1) is 0 Å². The average Bonchev–Trinajstić information content (AvgIpc) is 2.72. The molecule has 0 atom stereocenters. The summed E-state index contributed by atoms with van der Waals surface area (Å²) in [6.45, 7) is 2.53. The lowest BCUT2D eigenvalue weighted by Crippen LogP contribution is -2.40. The Hall–Kier alpha value is -2.12. The van der Waals surface area contributed by atoms with Gasteiger partial charge in [-0.15, -0.1) is 0 Å². The van der Waals surface area contributed by atoms with E-state index < -0.39 is 9.84 Å². The number of benzene rings is 1. The van der Waals surface area contributed by atoms with Gasteiger partial charge in [-0.05, 0) is 62.2 Å². The van der Waals surface area contributed by atoms with Gasteiger partial charge in [0.2, 0.25) is 0 Å². The van der Waals surface area contributed by atoms with Crippen molar-refractivity contribution in [3.63, 3.8) is 0 Å². The number of hydrogen-bond acceptors (Lipinski definition) is 6. The van der Waals surface area contributed by atoms with Crippen LogP contribution in [0.5, 0.6) is 11.5 Å². The minimum atomic E-state index is -3.38. The zero-order chi connectivity index (χ0) is 19.3. The molecule has 7 heteroatoms. The lowest BCUT2D eigenvalue weighted by molar-refractivity contribution is 0.232. The molecular weight excluding hydrogens is 364 g/mol. The quantitative estimate of drug-likeness (QED) is 0.724. The fourth-order valence-corrected chi connectivity index (χ4v) is 5.21. The third-order valence-electron chi connectivity index (χ3n) is 5.12. The van der Waals surface area contributed by atoms with Crippen LogP contribution in [-0.4, -0.2) is 57.4 Å². The molecule has 1 aromatic carbocycles. The predicted molar refractivity (Wildman–Crippen MR) is 104 cm³/mol. The summed E-state index contributed by atoms with van der Waals surface area (Å²) in [5.41, 5.74) is 1.25. The molecule has 0 N–H and O–H groups in total. The van der Waals surface area contributed by atoms with E-state index in [9.17, 15) is 8.42 Å². The maximum atomic E-state index is 13.0. The number of aromatic nitrogens is 1. The van der Waals surface area contributed by atoms with E-state index in [1.165, 1.54) is 19.8 Å². The Morgan fingerprint density at radius 3 is 2.33 bits per heavy atom. The summed E-state index contributed by atoms with van der Waals surface area (Å²) in [5, 5.41) is -0.354. The van der Waals surface area contributed by atoms with Gasteiger partial charge in [0, 0.05) is 25.0 Å². The van der Waals surface area contributed by atoms with Crippen LogP contribution in [-0.2, 0) is 16.3 Å². The van der Waals surface area contributed by atoms with Crippen molar-refractivity contribution < 1.29 is 17.9 Å². The van der Waals surface area contributed by atoms with Crippen molar-refractivity contribution in [2.75, 3.05) is 33.9 Å². The van der Waals surface area contributed by atoms with Gasteiger partial charge in [0.15, 0.2) is 21.3 Å². The SMILES string of the molecule is COc1ccc(S(=O)(=O)C2CCN(CCc3ccncc3)CC2)cc1OC. The van der Waals surface area contributed by atoms with Crippen LogP contribution >= 0.6 is 0 Å². The Bertz CT molecular complexity index is 848. The number of ether oxygens (including phenoxy) is 2. The number of piperidine rings is 1. The first-order valence-electron chi connectivity index (χ1n) is 9.12. The molecule has 2 aromatic rings. The minimum absolute atomic E-state index is 0.301. The fourth-order valence-electron chi connectivity index (χ4n) is 3.47. The predicted octanol–water partition coefficient (Wildman–Crippen LogP) is 2.58. The van der Waals surface area contributed by atoms with Crippen molar-refractivity contribution in [3.05, 3.63) is 48.3 Å². The molecule has 2 heterocycles. The van der Waals surface area contributed by atoms with Crippen molar-refractivity contribution in [3.8, 4) is 11.5 Å². The van der Waals surface area contributed by atoms with E-state index in [4.69, 9.17) is 9.47 Å². The van der Waals surface area contributed by atoms with Crippen LogP contribution in [0.2, 0.25) is 0 Å². The van der Waals surface area contributed by atoms with Crippen molar-refractivity contribution in [1.82, 2.24) is 9.88 Å². The van der Waals surface area contributed by atoms with Gasteiger partial charge in [0.1, 0.15) is 0 Å². The molecule has 1 saturated heterocycles. The maximum Gasteiger partial charge on any atom is 0.181 e. The lowest BCUT2D eigenvalue weighted by atomic mass is 10.1. The van der Waals surface area contributed by atoms with E-state index >= 15 is 0 Å². The van der Waals surface area contributed by atoms with Gasteiger partial charge in [0.05, 0.1) is 24.4 Å². The zero-order valence-corrected chi connectivity index (χ0v) is 16.6. The van der Waals surface area contributed by atoms with E-state index in [1.54, 1.807) is 30.6 Å². The zero-order valence-electron chi connectivity index (χ0n) is 15.8. The Balaban J connectivity index is 1.61. The molecule has 1 aromatic heterocycles. The van der Waals surface area contributed by atoms with E-state index in [0.29, 0.717) is 29.2 Å². The molecular formula is C20H26N2O4S. The molecule has 0 spiro atoms. The molecule has 146 valence electrons. The van der Waals surface area contributed by atoms with Crippen molar-refractivity contribution >= 4 is 9.84 Å².